The molecule has 6 nitrogen and oxygen atoms in total. The van der Waals surface area contributed by atoms with Crippen molar-refractivity contribution in [2.75, 3.05) is 20.8 Å². The molecule has 0 aromatic rings. The Morgan fingerprint density at radius 3 is 2.16 bits per heavy atom. The summed E-state index contributed by atoms with van der Waals surface area (Å²) in [7, 11) is 1.39. The fraction of sp³-hybridized carbons (Fsp3) is 1.00. The average molecular weight is 377 g/mol. The SMILES string of the molecule is CO[C@@H](C)[C@@]1(CO[Si](C)(C)C(C)(C)C)O[C@@H]2OC(C)(C)O[C@@H]2[C@@H]1OC. The molecule has 0 unspecified atom stereocenters. The van der Waals surface area contributed by atoms with Crippen LogP contribution in [0, 0.1) is 0 Å². The van der Waals surface area contributed by atoms with Gasteiger partial charge in [-0.2, -0.15) is 0 Å². The van der Waals surface area contributed by atoms with Gasteiger partial charge in [0.25, 0.3) is 0 Å². The van der Waals surface area contributed by atoms with Gasteiger partial charge in [0.1, 0.15) is 17.8 Å². The maximum absolute atomic E-state index is 6.50. The number of fused-ring (bicyclic) bond motifs is 1. The highest BCUT2D eigenvalue weighted by Crippen LogP contribution is 2.47. The third kappa shape index (κ3) is 3.83. The average Bonchev–Trinajstić information content (AvgIpc) is 2.92. The molecule has 2 aliphatic heterocycles. The van der Waals surface area contributed by atoms with E-state index in [-0.39, 0.29) is 23.4 Å². The van der Waals surface area contributed by atoms with Crippen molar-refractivity contribution in [2.24, 2.45) is 0 Å². The van der Waals surface area contributed by atoms with Crippen molar-refractivity contribution < 1.29 is 28.1 Å². The Hall–Kier alpha value is -0.0231. The highest BCUT2D eigenvalue weighted by atomic mass is 28.4. The summed E-state index contributed by atoms with van der Waals surface area (Å²) in [6.07, 6.45) is -1.36. The second-order valence-electron chi connectivity index (χ2n) is 9.12. The molecule has 2 rings (SSSR count). The molecule has 0 amide bonds. The van der Waals surface area contributed by atoms with Gasteiger partial charge in [0.05, 0.1) is 12.7 Å². The summed E-state index contributed by atoms with van der Waals surface area (Å²) in [6, 6.07) is 0. The van der Waals surface area contributed by atoms with Crippen molar-refractivity contribution in [1.29, 1.82) is 0 Å². The summed E-state index contributed by atoms with van der Waals surface area (Å²) in [5.74, 6) is -0.686. The molecule has 0 radical (unpaired) electrons. The minimum absolute atomic E-state index is 0.108. The van der Waals surface area contributed by atoms with Gasteiger partial charge in [0.2, 0.25) is 0 Å². The molecule has 2 fully saturated rings. The van der Waals surface area contributed by atoms with Crippen LogP contribution in [0.4, 0.5) is 0 Å². The van der Waals surface area contributed by atoms with Gasteiger partial charge in [-0.3, -0.25) is 0 Å². The Morgan fingerprint density at radius 2 is 1.68 bits per heavy atom. The molecule has 5 atom stereocenters. The number of ether oxygens (including phenoxy) is 5. The van der Waals surface area contributed by atoms with Gasteiger partial charge in [-0.05, 0) is 38.9 Å². The van der Waals surface area contributed by atoms with Crippen LogP contribution < -0.4 is 0 Å². The molecule has 2 saturated heterocycles. The second kappa shape index (κ2) is 6.85. The van der Waals surface area contributed by atoms with Gasteiger partial charge in [0.15, 0.2) is 20.4 Å². The smallest absolute Gasteiger partial charge is 0.192 e. The monoisotopic (exact) mass is 376 g/mol. The number of methoxy groups -OCH3 is 2. The van der Waals surface area contributed by atoms with E-state index in [1.807, 2.05) is 20.8 Å². The number of hydrogen-bond acceptors (Lipinski definition) is 6. The summed E-state index contributed by atoms with van der Waals surface area (Å²) in [6.45, 7) is 17.3. The molecule has 148 valence electrons. The fourth-order valence-electron chi connectivity index (χ4n) is 3.22. The number of rotatable bonds is 6. The molecule has 2 aliphatic rings. The predicted octanol–water partition coefficient (Wildman–Crippen LogP) is 3.30. The summed E-state index contributed by atoms with van der Waals surface area (Å²) < 4.78 is 36.3. The third-order valence-corrected chi connectivity index (χ3v) is 10.4. The Kier molecular flexibility index (Phi) is 5.83. The molecule has 0 spiro atoms. The van der Waals surface area contributed by atoms with Crippen molar-refractivity contribution in [1.82, 2.24) is 0 Å². The maximum Gasteiger partial charge on any atom is 0.192 e. The molecule has 0 bridgehead atoms. The van der Waals surface area contributed by atoms with Crippen LogP contribution in [0.25, 0.3) is 0 Å². The predicted molar refractivity (Wildman–Crippen MR) is 98.1 cm³/mol. The minimum atomic E-state index is -1.96. The van der Waals surface area contributed by atoms with E-state index in [1.165, 1.54) is 0 Å². The van der Waals surface area contributed by atoms with Crippen molar-refractivity contribution >= 4 is 8.32 Å². The summed E-state index contributed by atoms with van der Waals surface area (Å²) in [5, 5.41) is 0.108. The van der Waals surface area contributed by atoms with E-state index >= 15 is 0 Å². The Labute approximate surface area is 153 Å². The molecule has 0 saturated carbocycles. The largest absolute Gasteiger partial charge is 0.414 e. The molecule has 0 aliphatic carbocycles. The standard InChI is InChI=1S/C18H36O6Si/c1-12(19-7)18(11-21-25(9,10)16(2,3)4)14(20-8)13-15(24-18)23-17(5,6)22-13/h12-15H,11H2,1-10H3/t12-,13+,14-,15-,18+/m0/s1. The molecular formula is C18H36O6Si. The van der Waals surface area contributed by atoms with Crippen molar-refractivity contribution in [3.63, 3.8) is 0 Å². The van der Waals surface area contributed by atoms with Gasteiger partial charge in [0, 0.05) is 14.2 Å². The first-order valence-corrected chi connectivity index (χ1v) is 11.9. The molecule has 0 aromatic heterocycles. The second-order valence-corrected chi connectivity index (χ2v) is 13.9. The van der Waals surface area contributed by atoms with E-state index in [9.17, 15) is 0 Å². The normalized spacial score (nSPS) is 36.5. The van der Waals surface area contributed by atoms with Crippen molar-refractivity contribution in [3.05, 3.63) is 0 Å². The lowest BCUT2D eigenvalue weighted by atomic mass is 9.90. The summed E-state index contributed by atoms with van der Waals surface area (Å²) >= 11 is 0. The Balaban J connectivity index is 2.27. The van der Waals surface area contributed by atoms with Crippen LogP contribution in [0.1, 0.15) is 41.5 Å². The molecule has 0 aromatic carbocycles. The Bertz CT molecular complexity index is 475. The minimum Gasteiger partial charge on any atom is -0.414 e. The van der Waals surface area contributed by atoms with Gasteiger partial charge in [-0.1, -0.05) is 20.8 Å². The van der Waals surface area contributed by atoms with Gasteiger partial charge in [-0.15, -0.1) is 0 Å². The molecule has 2 heterocycles. The zero-order valence-corrected chi connectivity index (χ0v) is 18.5. The number of hydrogen-bond donors (Lipinski definition) is 0. The lowest BCUT2D eigenvalue weighted by Crippen LogP contribution is -2.59. The van der Waals surface area contributed by atoms with Crippen LogP contribution >= 0.6 is 0 Å². The molecule has 7 heteroatoms. The highest BCUT2D eigenvalue weighted by Gasteiger charge is 2.65. The molecule has 25 heavy (non-hydrogen) atoms. The van der Waals surface area contributed by atoms with E-state index in [4.69, 9.17) is 28.1 Å². The zero-order chi connectivity index (χ0) is 19.3. The van der Waals surface area contributed by atoms with Crippen LogP contribution in [-0.4, -0.2) is 65.1 Å². The maximum atomic E-state index is 6.50. The molecule has 0 N–H and O–H groups in total. The lowest BCUT2D eigenvalue weighted by Gasteiger charge is -2.43. The fourth-order valence-corrected chi connectivity index (χ4v) is 4.24. The van der Waals surface area contributed by atoms with Gasteiger partial charge >= 0.3 is 0 Å². The van der Waals surface area contributed by atoms with E-state index < -0.39 is 26.0 Å². The first-order chi connectivity index (χ1) is 11.3. The van der Waals surface area contributed by atoms with E-state index in [2.05, 4.69) is 33.9 Å². The third-order valence-electron chi connectivity index (χ3n) is 5.96. The van der Waals surface area contributed by atoms with Crippen LogP contribution in [0.2, 0.25) is 18.1 Å². The lowest BCUT2D eigenvalue weighted by molar-refractivity contribution is -0.267. The van der Waals surface area contributed by atoms with E-state index in [1.54, 1.807) is 14.2 Å². The topological polar surface area (TPSA) is 55.4 Å². The van der Waals surface area contributed by atoms with E-state index in [0.717, 1.165) is 0 Å². The van der Waals surface area contributed by atoms with Crippen LogP contribution in [0.3, 0.4) is 0 Å². The first kappa shape index (κ1) is 21.3. The highest BCUT2D eigenvalue weighted by molar-refractivity contribution is 6.74. The Morgan fingerprint density at radius 1 is 1.08 bits per heavy atom. The summed E-state index contributed by atoms with van der Waals surface area (Å²) in [4.78, 5) is 0. The van der Waals surface area contributed by atoms with Crippen LogP contribution in [0.15, 0.2) is 0 Å². The molecular weight excluding hydrogens is 340 g/mol. The van der Waals surface area contributed by atoms with Crippen LogP contribution in [0.5, 0.6) is 0 Å². The van der Waals surface area contributed by atoms with Crippen molar-refractivity contribution in [2.45, 2.75) is 95.7 Å². The van der Waals surface area contributed by atoms with Gasteiger partial charge < -0.3 is 28.1 Å². The van der Waals surface area contributed by atoms with E-state index in [0.29, 0.717) is 6.61 Å². The summed E-state index contributed by atoms with van der Waals surface area (Å²) in [5.41, 5.74) is -0.773. The van der Waals surface area contributed by atoms with Gasteiger partial charge in [-0.25, -0.2) is 0 Å². The quantitative estimate of drug-likeness (QED) is 0.663. The first-order valence-electron chi connectivity index (χ1n) is 9.03. The zero-order valence-electron chi connectivity index (χ0n) is 17.5. The van der Waals surface area contributed by atoms with Crippen LogP contribution in [-0.2, 0) is 28.1 Å². The van der Waals surface area contributed by atoms with Crippen molar-refractivity contribution in [3.8, 4) is 0 Å².